The molecule has 6 heteroatoms. The quantitative estimate of drug-likeness (QED) is 0.306. The largest absolute Gasteiger partial charge is 0.326 e. The highest BCUT2D eigenvalue weighted by Gasteiger charge is 2.24. The second kappa shape index (κ2) is 10.5. The predicted molar refractivity (Wildman–Crippen MR) is 142 cm³/mol. The van der Waals surface area contributed by atoms with Crippen molar-refractivity contribution in [3.05, 3.63) is 71.2 Å². The average molecular weight is 469 g/mol. The molecule has 1 N–H and O–H groups in total. The lowest BCUT2D eigenvalue weighted by Gasteiger charge is -2.30. The molecule has 0 fully saturated rings. The van der Waals surface area contributed by atoms with Gasteiger partial charge in [-0.1, -0.05) is 64.4 Å². The minimum absolute atomic E-state index is 0.111. The summed E-state index contributed by atoms with van der Waals surface area (Å²) in [6.45, 7) is 14.3. The van der Waals surface area contributed by atoms with Crippen molar-refractivity contribution in [2.45, 2.75) is 67.1 Å². The minimum Gasteiger partial charge on any atom is -0.326 e. The van der Waals surface area contributed by atoms with Crippen LogP contribution in [0.25, 0.3) is 22.3 Å². The molecule has 182 valence electrons. The molecule has 35 heavy (non-hydrogen) atoms. The van der Waals surface area contributed by atoms with Gasteiger partial charge in [0.15, 0.2) is 5.69 Å². The van der Waals surface area contributed by atoms with Crippen LogP contribution in [0.1, 0.15) is 63.1 Å². The van der Waals surface area contributed by atoms with E-state index < -0.39 is 0 Å². The summed E-state index contributed by atoms with van der Waals surface area (Å²) in [5.74, 6) is 0.902. The summed E-state index contributed by atoms with van der Waals surface area (Å²) < 4.78 is 2.29. The Labute approximate surface area is 208 Å². The lowest BCUT2D eigenvalue weighted by Crippen LogP contribution is -2.33. The zero-order valence-electron chi connectivity index (χ0n) is 21.6. The molecule has 0 unspecified atom stereocenters. The highest BCUT2D eigenvalue weighted by atomic mass is 15.2. The Balaban J connectivity index is 1.74. The Hall–Kier alpha value is -3.43. The molecular formula is C29H36N6. The molecule has 0 bridgehead atoms. The molecule has 4 aromatic rings. The van der Waals surface area contributed by atoms with Crippen molar-refractivity contribution in [1.29, 1.82) is 5.26 Å². The van der Waals surface area contributed by atoms with Gasteiger partial charge >= 0.3 is 0 Å². The number of nitrogens with zero attached hydrogens (tertiary/aromatic N) is 5. The van der Waals surface area contributed by atoms with Crippen LogP contribution in [0.15, 0.2) is 48.7 Å². The van der Waals surface area contributed by atoms with E-state index in [-0.39, 0.29) is 5.41 Å². The number of nitriles is 1. The van der Waals surface area contributed by atoms with Gasteiger partial charge in [-0.05, 0) is 42.0 Å². The van der Waals surface area contributed by atoms with Gasteiger partial charge in [0, 0.05) is 37.1 Å². The molecule has 0 spiro atoms. The fourth-order valence-electron chi connectivity index (χ4n) is 4.72. The number of benzene rings is 2. The fraction of sp³-hybridized carbons (Fsp3) is 0.414. The number of imidazole rings is 1. The topological polar surface area (TPSA) is 73.5 Å². The third-order valence-corrected chi connectivity index (χ3v) is 6.28. The molecule has 0 amide bonds. The summed E-state index contributed by atoms with van der Waals surface area (Å²) >= 11 is 0. The van der Waals surface area contributed by atoms with Crippen LogP contribution in [0.5, 0.6) is 0 Å². The van der Waals surface area contributed by atoms with E-state index in [0.29, 0.717) is 12.2 Å². The summed E-state index contributed by atoms with van der Waals surface area (Å²) in [5, 5.41) is 18.4. The number of aromatic nitrogens is 4. The molecule has 0 aliphatic carbocycles. The van der Waals surface area contributed by atoms with Gasteiger partial charge in [0.25, 0.3) is 0 Å². The molecule has 4 rings (SSSR count). The van der Waals surface area contributed by atoms with E-state index in [1.807, 2.05) is 18.3 Å². The molecule has 0 saturated heterocycles. The molecule has 0 aliphatic rings. The summed E-state index contributed by atoms with van der Waals surface area (Å²) in [4.78, 5) is 7.31. The van der Waals surface area contributed by atoms with Crippen molar-refractivity contribution < 1.29 is 0 Å². The van der Waals surface area contributed by atoms with E-state index in [9.17, 15) is 5.26 Å². The summed E-state index contributed by atoms with van der Waals surface area (Å²) in [6, 6.07) is 17.2. The van der Waals surface area contributed by atoms with Gasteiger partial charge in [-0.15, -0.1) is 0 Å². The monoisotopic (exact) mass is 468 g/mol. The highest BCUT2D eigenvalue weighted by Crippen LogP contribution is 2.28. The van der Waals surface area contributed by atoms with Crippen LogP contribution in [0.2, 0.25) is 0 Å². The number of aromatic amines is 1. The zero-order chi connectivity index (χ0) is 25.0. The first-order valence-electron chi connectivity index (χ1n) is 12.5. The second-order valence-corrected chi connectivity index (χ2v) is 10.7. The molecule has 0 saturated carbocycles. The number of H-pyrrole nitrogens is 1. The molecule has 2 aromatic heterocycles. The van der Waals surface area contributed by atoms with E-state index in [0.717, 1.165) is 60.5 Å². The minimum atomic E-state index is 0.111. The van der Waals surface area contributed by atoms with Crippen LogP contribution >= 0.6 is 0 Å². The van der Waals surface area contributed by atoms with E-state index in [2.05, 4.69) is 90.7 Å². The lowest BCUT2D eigenvalue weighted by atomic mass is 9.95. The summed E-state index contributed by atoms with van der Waals surface area (Å²) in [6.07, 6.45) is 4.00. The van der Waals surface area contributed by atoms with Crippen molar-refractivity contribution in [1.82, 2.24) is 24.6 Å². The standard InChI is InChI=1S/C29H36N6/c1-6-7-14-35-27(26(16-30)32-28(35)24-11-9-8-10-21(24)2)19-34(20-29(3,4)5)18-22-12-13-25-23(15-22)17-31-33-25/h8-13,15,17H,6-7,14,18-20H2,1-5H3,(H,31,33). The third kappa shape index (κ3) is 5.80. The number of hydrogen-bond acceptors (Lipinski definition) is 4. The van der Waals surface area contributed by atoms with Crippen molar-refractivity contribution in [3.8, 4) is 17.5 Å². The molecule has 2 aromatic carbocycles. The Bertz CT molecular complexity index is 1330. The van der Waals surface area contributed by atoms with Crippen molar-refractivity contribution in [2.24, 2.45) is 5.41 Å². The number of fused-ring (bicyclic) bond motifs is 1. The van der Waals surface area contributed by atoms with Gasteiger partial charge < -0.3 is 4.57 Å². The first-order valence-corrected chi connectivity index (χ1v) is 12.5. The van der Waals surface area contributed by atoms with Crippen molar-refractivity contribution in [3.63, 3.8) is 0 Å². The van der Waals surface area contributed by atoms with Gasteiger partial charge in [0.1, 0.15) is 11.9 Å². The number of rotatable bonds is 9. The normalized spacial score (nSPS) is 11.9. The van der Waals surface area contributed by atoms with E-state index in [1.54, 1.807) is 0 Å². The van der Waals surface area contributed by atoms with Crippen molar-refractivity contribution >= 4 is 10.9 Å². The first kappa shape index (κ1) is 24.7. The molecule has 2 heterocycles. The van der Waals surface area contributed by atoms with Crippen LogP contribution < -0.4 is 0 Å². The van der Waals surface area contributed by atoms with Gasteiger partial charge in [0.2, 0.25) is 0 Å². The number of hydrogen-bond donors (Lipinski definition) is 1. The first-order chi connectivity index (χ1) is 16.8. The van der Waals surface area contributed by atoms with Crippen LogP contribution in [0, 0.1) is 23.7 Å². The number of unbranched alkanes of at least 4 members (excludes halogenated alkanes) is 1. The van der Waals surface area contributed by atoms with Crippen molar-refractivity contribution in [2.75, 3.05) is 6.54 Å². The van der Waals surface area contributed by atoms with Gasteiger partial charge in [-0.3, -0.25) is 10.00 Å². The smallest absolute Gasteiger partial charge is 0.163 e. The Morgan fingerprint density at radius 1 is 1.11 bits per heavy atom. The van der Waals surface area contributed by atoms with Crippen LogP contribution in [-0.4, -0.2) is 31.2 Å². The maximum absolute atomic E-state index is 10.1. The van der Waals surface area contributed by atoms with E-state index in [1.165, 1.54) is 11.1 Å². The maximum Gasteiger partial charge on any atom is 0.163 e. The average Bonchev–Trinajstić information content (AvgIpc) is 3.41. The maximum atomic E-state index is 10.1. The van der Waals surface area contributed by atoms with E-state index >= 15 is 0 Å². The molecule has 0 atom stereocenters. The second-order valence-electron chi connectivity index (χ2n) is 10.7. The summed E-state index contributed by atoms with van der Waals surface area (Å²) in [7, 11) is 0. The molecule has 0 aliphatic heterocycles. The summed E-state index contributed by atoms with van der Waals surface area (Å²) in [5.41, 5.74) is 6.20. The van der Waals surface area contributed by atoms with Gasteiger partial charge in [0.05, 0.1) is 17.4 Å². The predicted octanol–water partition coefficient (Wildman–Crippen LogP) is 6.45. The number of aryl methyl sites for hydroxylation is 1. The lowest BCUT2D eigenvalue weighted by molar-refractivity contribution is 0.172. The third-order valence-electron chi connectivity index (χ3n) is 6.28. The van der Waals surface area contributed by atoms with Gasteiger partial charge in [-0.25, -0.2) is 4.98 Å². The zero-order valence-corrected chi connectivity index (χ0v) is 21.6. The fourth-order valence-corrected chi connectivity index (χ4v) is 4.72. The van der Waals surface area contributed by atoms with E-state index in [4.69, 9.17) is 4.98 Å². The van der Waals surface area contributed by atoms with Gasteiger partial charge in [-0.2, -0.15) is 10.4 Å². The SMILES string of the molecule is CCCCn1c(-c2ccccc2C)nc(C#N)c1CN(Cc1ccc2[nH]ncc2c1)CC(C)(C)C. The Morgan fingerprint density at radius 3 is 2.63 bits per heavy atom. The Morgan fingerprint density at radius 2 is 1.91 bits per heavy atom. The van der Waals surface area contributed by atoms with Crippen LogP contribution in [0.4, 0.5) is 0 Å². The molecular weight excluding hydrogens is 432 g/mol. The number of nitrogens with one attached hydrogen (secondary N) is 1. The van der Waals surface area contributed by atoms with Crippen LogP contribution in [-0.2, 0) is 19.6 Å². The Kier molecular flexibility index (Phi) is 7.37. The highest BCUT2D eigenvalue weighted by molar-refractivity contribution is 5.78. The van der Waals surface area contributed by atoms with Crippen LogP contribution in [0.3, 0.4) is 0 Å². The molecule has 0 radical (unpaired) electrons. The molecule has 6 nitrogen and oxygen atoms in total.